The average Bonchev–Trinajstić information content (AvgIpc) is 2.71. The van der Waals surface area contributed by atoms with Gasteiger partial charge in [0.1, 0.15) is 6.04 Å². The molecule has 0 aromatic heterocycles. The third-order valence-electron chi connectivity index (χ3n) is 3.83. The van der Waals surface area contributed by atoms with Crippen LogP contribution in [0.5, 0.6) is 0 Å². The van der Waals surface area contributed by atoms with Gasteiger partial charge in [0, 0.05) is 19.6 Å². The van der Waals surface area contributed by atoms with Crippen LogP contribution < -0.4 is 0 Å². The summed E-state index contributed by atoms with van der Waals surface area (Å²) in [6, 6.07) is -0.717. The van der Waals surface area contributed by atoms with E-state index in [0.717, 1.165) is 32.4 Å². The summed E-state index contributed by atoms with van der Waals surface area (Å²) in [5, 5.41) is 9.19. The Morgan fingerprint density at radius 2 is 1.76 bits per heavy atom. The van der Waals surface area contributed by atoms with Crippen molar-refractivity contribution in [3.8, 4) is 0 Å². The predicted molar refractivity (Wildman–Crippen MR) is 62.7 cm³/mol. The maximum absolute atomic E-state index is 12.2. The normalized spacial score (nSPS) is 29.5. The van der Waals surface area contributed by atoms with Crippen molar-refractivity contribution in [3.05, 3.63) is 0 Å². The fourth-order valence-electron chi connectivity index (χ4n) is 2.81. The summed E-state index contributed by atoms with van der Waals surface area (Å²) in [6.07, 6.45) is 4.03. The van der Waals surface area contributed by atoms with Crippen LogP contribution in [-0.4, -0.2) is 52.6 Å². The zero-order chi connectivity index (χ0) is 12.4. The van der Waals surface area contributed by atoms with Crippen LogP contribution in [0.2, 0.25) is 0 Å². The van der Waals surface area contributed by atoms with Crippen molar-refractivity contribution in [1.29, 1.82) is 0 Å². The Bertz CT molecular complexity index is 313. The molecule has 0 radical (unpaired) electrons. The van der Waals surface area contributed by atoms with Gasteiger partial charge in [0.15, 0.2) is 0 Å². The molecule has 2 atom stereocenters. The molecule has 96 valence electrons. The third-order valence-corrected chi connectivity index (χ3v) is 3.83. The highest BCUT2D eigenvalue weighted by molar-refractivity contribution is 5.83. The van der Waals surface area contributed by atoms with Gasteiger partial charge in [-0.3, -0.25) is 0 Å². The van der Waals surface area contributed by atoms with Crippen molar-refractivity contribution in [2.75, 3.05) is 19.6 Å². The van der Waals surface area contributed by atoms with E-state index in [1.807, 2.05) is 6.92 Å². The Morgan fingerprint density at radius 1 is 1.12 bits per heavy atom. The summed E-state index contributed by atoms with van der Waals surface area (Å²) in [6.45, 7) is 4.03. The molecule has 0 aromatic rings. The second-order valence-electron chi connectivity index (χ2n) is 5.07. The van der Waals surface area contributed by atoms with Gasteiger partial charge in [-0.2, -0.15) is 0 Å². The van der Waals surface area contributed by atoms with Gasteiger partial charge >= 0.3 is 12.0 Å². The van der Waals surface area contributed by atoms with Crippen LogP contribution in [0, 0.1) is 5.92 Å². The highest BCUT2D eigenvalue weighted by Crippen LogP contribution is 2.26. The summed E-state index contributed by atoms with van der Waals surface area (Å²) in [5.41, 5.74) is 0. The smallest absolute Gasteiger partial charge is 0.326 e. The number of carboxylic acids is 1. The molecular weight excluding hydrogens is 220 g/mol. The van der Waals surface area contributed by atoms with Crippen molar-refractivity contribution in [1.82, 2.24) is 9.80 Å². The zero-order valence-corrected chi connectivity index (χ0v) is 10.3. The van der Waals surface area contributed by atoms with Crippen LogP contribution in [-0.2, 0) is 4.79 Å². The second kappa shape index (κ2) is 4.94. The van der Waals surface area contributed by atoms with Gasteiger partial charge in [-0.25, -0.2) is 9.59 Å². The molecule has 0 bridgehead atoms. The summed E-state index contributed by atoms with van der Waals surface area (Å²) in [5.74, 6) is -0.818. The molecule has 17 heavy (non-hydrogen) atoms. The molecule has 2 heterocycles. The van der Waals surface area contributed by atoms with E-state index in [1.54, 1.807) is 9.80 Å². The fraction of sp³-hybridized carbons (Fsp3) is 0.833. The first-order chi connectivity index (χ1) is 8.11. The van der Waals surface area contributed by atoms with Crippen LogP contribution in [0.3, 0.4) is 0 Å². The van der Waals surface area contributed by atoms with Crippen LogP contribution in [0.4, 0.5) is 4.79 Å². The summed E-state index contributed by atoms with van der Waals surface area (Å²) >= 11 is 0. The summed E-state index contributed by atoms with van der Waals surface area (Å²) in [7, 11) is 0. The van der Waals surface area contributed by atoms with E-state index >= 15 is 0 Å². The Hall–Kier alpha value is -1.26. The molecule has 5 heteroatoms. The maximum Gasteiger partial charge on any atom is 0.326 e. The molecule has 2 saturated heterocycles. The number of carbonyl (C=O) groups excluding carboxylic acids is 1. The molecule has 2 aliphatic rings. The lowest BCUT2D eigenvalue weighted by molar-refractivity contribution is -0.142. The highest BCUT2D eigenvalue weighted by Gasteiger charge is 2.41. The van der Waals surface area contributed by atoms with Gasteiger partial charge in [-0.15, -0.1) is 0 Å². The third kappa shape index (κ3) is 2.37. The van der Waals surface area contributed by atoms with E-state index < -0.39 is 12.0 Å². The summed E-state index contributed by atoms with van der Waals surface area (Å²) < 4.78 is 0. The van der Waals surface area contributed by atoms with Crippen molar-refractivity contribution in [2.24, 2.45) is 5.92 Å². The maximum atomic E-state index is 12.2. The minimum atomic E-state index is -0.875. The van der Waals surface area contributed by atoms with Gasteiger partial charge in [0.2, 0.25) is 0 Å². The number of amides is 2. The number of likely N-dealkylation sites (tertiary alicyclic amines) is 2. The van der Waals surface area contributed by atoms with Crippen molar-refractivity contribution < 1.29 is 14.7 Å². The number of carbonyl (C=O) groups is 2. The van der Waals surface area contributed by atoms with Crippen molar-refractivity contribution in [2.45, 2.75) is 38.6 Å². The molecule has 2 amide bonds. The van der Waals surface area contributed by atoms with E-state index in [1.165, 1.54) is 6.42 Å². The molecule has 0 saturated carbocycles. The van der Waals surface area contributed by atoms with Crippen LogP contribution >= 0.6 is 0 Å². The van der Waals surface area contributed by atoms with E-state index in [-0.39, 0.29) is 11.9 Å². The van der Waals surface area contributed by atoms with Gasteiger partial charge in [-0.1, -0.05) is 6.92 Å². The molecule has 0 aliphatic carbocycles. The molecule has 2 rings (SSSR count). The highest BCUT2D eigenvalue weighted by atomic mass is 16.4. The van der Waals surface area contributed by atoms with Crippen LogP contribution in [0.1, 0.15) is 32.6 Å². The molecule has 5 nitrogen and oxygen atoms in total. The lowest BCUT2D eigenvalue weighted by Gasteiger charge is -2.33. The summed E-state index contributed by atoms with van der Waals surface area (Å²) in [4.78, 5) is 26.8. The number of rotatable bonds is 1. The number of urea groups is 1. The standard InChI is InChI=1S/C12H20N2O3/c1-9-5-8-14(10(9)11(15)16)12(17)13-6-3-2-4-7-13/h9-10H,2-8H2,1H3,(H,15,16). The van der Waals surface area contributed by atoms with E-state index in [2.05, 4.69) is 0 Å². The minimum Gasteiger partial charge on any atom is -0.480 e. The minimum absolute atomic E-state index is 0.0567. The number of nitrogens with zero attached hydrogens (tertiary/aromatic N) is 2. The first-order valence-corrected chi connectivity index (χ1v) is 6.39. The quantitative estimate of drug-likeness (QED) is 0.753. The van der Waals surface area contributed by atoms with Crippen LogP contribution in [0.15, 0.2) is 0 Å². The Labute approximate surface area is 101 Å². The number of hydrogen-bond donors (Lipinski definition) is 1. The molecule has 2 fully saturated rings. The van der Waals surface area contributed by atoms with Crippen molar-refractivity contribution in [3.63, 3.8) is 0 Å². The average molecular weight is 240 g/mol. The SMILES string of the molecule is CC1CCN(C(=O)N2CCCCC2)C1C(=O)O. The van der Waals surface area contributed by atoms with Gasteiger partial charge in [0.05, 0.1) is 0 Å². The van der Waals surface area contributed by atoms with E-state index in [0.29, 0.717) is 6.54 Å². The van der Waals surface area contributed by atoms with Gasteiger partial charge < -0.3 is 14.9 Å². The molecule has 2 aliphatic heterocycles. The topological polar surface area (TPSA) is 60.9 Å². The first-order valence-electron chi connectivity index (χ1n) is 6.39. The number of piperidine rings is 1. The fourth-order valence-corrected chi connectivity index (χ4v) is 2.81. The van der Waals surface area contributed by atoms with Crippen LogP contribution in [0.25, 0.3) is 0 Å². The molecule has 0 spiro atoms. The van der Waals surface area contributed by atoms with Crippen molar-refractivity contribution >= 4 is 12.0 Å². The van der Waals surface area contributed by atoms with Gasteiger partial charge in [0.25, 0.3) is 0 Å². The molecule has 0 aromatic carbocycles. The molecule has 1 N–H and O–H groups in total. The zero-order valence-electron chi connectivity index (χ0n) is 10.3. The second-order valence-corrected chi connectivity index (χ2v) is 5.07. The Balaban J connectivity index is 2.05. The Morgan fingerprint density at radius 3 is 2.35 bits per heavy atom. The lowest BCUT2D eigenvalue weighted by Crippen LogP contribution is -2.50. The largest absolute Gasteiger partial charge is 0.480 e. The number of carboxylic acid groups (broad SMARTS) is 1. The molecule has 2 unspecified atom stereocenters. The monoisotopic (exact) mass is 240 g/mol. The predicted octanol–water partition coefficient (Wildman–Crippen LogP) is 1.39. The first kappa shape index (κ1) is 12.2. The number of aliphatic carboxylic acids is 1. The lowest BCUT2D eigenvalue weighted by atomic mass is 10.0. The van der Waals surface area contributed by atoms with E-state index in [4.69, 9.17) is 0 Å². The molecular formula is C12H20N2O3. The number of hydrogen-bond acceptors (Lipinski definition) is 2. The Kier molecular flexibility index (Phi) is 3.54. The van der Waals surface area contributed by atoms with E-state index in [9.17, 15) is 14.7 Å². The van der Waals surface area contributed by atoms with Gasteiger partial charge in [-0.05, 0) is 31.6 Å².